The van der Waals surface area contributed by atoms with Gasteiger partial charge in [-0.05, 0) is 61.4 Å². The number of benzene rings is 2. The normalized spacial score (nSPS) is 10.6. The minimum absolute atomic E-state index is 0.109. The van der Waals surface area contributed by atoms with Gasteiger partial charge in [-0.1, -0.05) is 12.1 Å². The Kier molecular flexibility index (Phi) is 6.39. The molecule has 0 saturated carbocycles. The summed E-state index contributed by atoms with van der Waals surface area (Å²) < 4.78 is 19.9. The van der Waals surface area contributed by atoms with Crippen LogP contribution in [-0.2, 0) is 11.3 Å². The molecule has 2 aromatic carbocycles. The highest BCUT2D eigenvalue weighted by Crippen LogP contribution is 2.19. The van der Waals surface area contributed by atoms with E-state index in [1.165, 1.54) is 22.9 Å². The van der Waals surface area contributed by atoms with Gasteiger partial charge < -0.3 is 10.1 Å². The number of amides is 1. The van der Waals surface area contributed by atoms with Crippen LogP contribution < -0.4 is 15.6 Å². The summed E-state index contributed by atoms with van der Waals surface area (Å²) in [7, 11) is 0. The van der Waals surface area contributed by atoms with Gasteiger partial charge in [0.1, 0.15) is 11.6 Å². The minimum Gasteiger partial charge on any atom is -0.483 e. The Morgan fingerprint density at radius 1 is 1.10 bits per heavy atom. The summed E-state index contributed by atoms with van der Waals surface area (Å²) in [4.78, 5) is 24.0. The standard InChI is InChI=1S/C22H22FN3O3/c1-15-3-4-16(2)20(13-15)29-14-21(27)24-11-12-26-22(28)10-9-19(25-26)17-5-7-18(23)8-6-17/h3-10,13H,11-12,14H2,1-2H3,(H,24,27). The first-order valence-corrected chi connectivity index (χ1v) is 9.23. The highest BCUT2D eigenvalue weighted by Gasteiger charge is 2.07. The molecule has 3 aromatic rings. The van der Waals surface area contributed by atoms with E-state index in [4.69, 9.17) is 4.74 Å². The van der Waals surface area contributed by atoms with Crippen molar-refractivity contribution in [3.05, 3.63) is 81.9 Å². The minimum atomic E-state index is -0.340. The fourth-order valence-corrected chi connectivity index (χ4v) is 2.74. The average Bonchev–Trinajstić information content (AvgIpc) is 2.71. The van der Waals surface area contributed by atoms with Gasteiger partial charge in [-0.3, -0.25) is 9.59 Å². The van der Waals surface area contributed by atoms with Crippen LogP contribution in [0, 0.1) is 19.7 Å². The average molecular weight is 395 g/mol. The van der Waals surface area contributed by atoms with Gasteiger partial charge in [0.05, 0.1) is 12.2 Å². The molecule has 150 valence electrons. The maximum absolute atomic E-state index is 13.1. The van der Waals surface area contributed by atoms with E-state index in [2.05, 4.69) is 10.4 Å². The fourth-order valence-electron chi connectivity index (χ4n) is 2.74. The van der Waals surface area contributed by atoms with Crippen LogP contribution in [0.2, 0.25) is 0 Å². The summed E-state index contributed by atoms with van der Waals surface area (Å²) in [5.74, 6) is 0.0477. The van der Waals surface area contributed by atoms with Crippen molar-refractivity contribution in [1.29, 1.82) is 0 Å². The van der Waals surface area contributed by atoms with Crippen molar-refractivity contribution in [3.63, 3.8) is 0 Å². The monoisotopic (exact) mass is 395 g/mol. The molecule has 0 spiro atoms. The van der Waals surface area contributed by atoms with E-state index in [-0.39, 0.29) is 37.0 Å². The molecule has 0 aliphatic carbocycles. The molecular weight excluding hydrogens is 373 g/mol. The molecular formula is C22H22FN3O3. The summed E-state index contributed by atoms with van der Waals surface area (Å²) in [6, 6.07) is 14.7. The van der Waals surface area contributed by atoms with Crippen LogP contribution in [0.5, 0.6) is 5.75 Å². The first kappa shape index (κ1) is 20.3. The molecule has 0 bridgehead atoms. The summed E-state index contributed by atoms with van der Waals surface area (Å²) >= 11 is 0. The van der Waals surface area contributed by atoms with Gasteiger partial charge in [-0.25, -0.2) is 9.07 Å². The molecule has 0 radical (unpaired) electrons. The number of halogens is 1. The third kappa shape index (κ3) is 5.51. The quantitative estimate of drug-likeness (QED) is 0.668. The highest BCUT2D eigenvalue weighted by atomic mass is 19.1. The summed E-state index contributed by atoms with van der Waals surface area (Å²) in [6.45, 7) is 4.20. The molecule has 1 heterocycles. The largest absolute Gasteiger partial charge is 0.483 e. The van der Waals surface area contributed by atoms with E-state index in [0.29, 0.717) is 17.0 Å². The first-order valence-electron chi connectivity index (χ1n) is 9.23. The van der Waals surface area contributed by atoms with Crippen molar-refractivity contribution >= 4 is 5.91 Å². The summed E-state index contributed by atoms with van der Waals surface area (Å²) in [5.41, 5.74) is 2.98. The smallest absolute Gasteiger partial charge is 0.266 e. The third-order valence-corrected chi connectivity index (χ3v) is 4.35. The second kappa shape index (κ2) is 9.14. The number of rotatable bonds is 7. The second-order valence-corrected chi connectivity index (χ2v) is 6.69. The molecule has 0 aliphatic rings. The molecule has 1 N–H and O–H groups in total. The Bertz CT molecular complexity index is 1060. The molecule has 0 unspecified atom stereocenters. The van der Waals surface area contributed by atoms with Crippen molar-refractivity contribution in [1.82, 2.24) is 15.1 Å². The van der Waals surface area contributed by atoms with Crippen LogP contribution in [0.4, 0.5) is 4.39 Å². The molecule has 0 saturated heterocycles. The lowest BCUT2D eigenvalue weighted by Gasteiger charge is -2.11. The number of hydrogen-bond acceptors (Lipinski definition) is 4. The van der Waals surface area contributed by atoms with Gasteiger partial charge in [0.15, 0.2) is 6.61 Å². The Morgan fingerprint density at radius 2 is 1.86 bits per heavy atom. The predicted octanol–water partition coefficient (Wildman–Crippen LogP) is 2.86. The number of ether oxygens (including phenoxy) is 1. The van der Waals surface area contributed by atoms with E-state index in [0.717, 1.165) is 11.1 Å². The van der Waals surface area contributed by atoms with E-state index in [1.54, 1.807) is 18.2 Å². The summed E-state index contributed by atoms with van der Waals surface area (Å²) in [6.07, 6.45) is 0. The molecule has 6 nitrogen and oxygen atoms in total. The number of nitrogens with zero attached hydrogens (tertiary/aromatic N) is 2. The van der Waals surface area contributed by atoms with Crippen LogP contribution >= 0.6 is 0 Å². The molecule has 1 aromatic heterocycles. The fraction of sp³-hybridized carbons (Fsp3) is 0.227. The maximum Gasteiger partial charge on any atom is 0.266 e. The van der Waals surface area contributed by atoms with Crippen molar-refractivity contribution in [2.75, 3.05) is 13.2 Å². The summed E-state index contributed by atoms with van der Waals surface area (Å²) in [5, 5.41) is 7.00. The van der Waals surface area contributed by atoms with Crippen LogP contribution in [0.3, 0.4) is 0 Å². The van der Waals surface area contributed by atoms with Gasteiger partial charge >= 0.3 is 0 Å². The Balaban J connectivity index is 1.55. The van der Waals surface area contributed by atoms with Crippen molar-refractivity contribution in [2.45, 2.75) is 20.4 Å². The van der Waals surface area contributed by atoms with Crippen molar-refractivity contribution in [2.24, 2.45) is 0 Å². The molecule has 29 heavy (non-hydrogen) atoms. The lowest BCUT2D eigenvalue weighted by Crippen LogP contribution is -2.34. The van der Waals surface area contributed by atoms with E-state index < -0.39 is 0 Å². The Hall–Kier alpha value is -3.48. The van der Waals surface area contributed by atoms with Gasteiger partial charge in [0.25, 0.3) is 11.5 Å². The lowest BCUT2D eigenvalue weighted by molar-refractivity contribution is -0.123. The number of carbonyl (C=O) groups excluding carboxylic acids is 1. The number of aromatic nitrogens is 2. The first-order chi connectivity index (χ1) is 13.9. The lowest BCUT2D eigenvalue weighted by atomic mass is 10.1. The zero-order chi connectivity index (χ0) is 20.8. The van der Waals surface area contributed by atoms with E-state index in [9.17, 15) is 14.0 Å². The molecule has 0 fully saturated rings. The second-order valence-electron chi connectivity index (χ2n) is 6.69. The predicted molar refractivity (Wildman–Crippen MR) is 108 cm³/mol. The number of nitrogens with one attached hydrogen (secondary N) is 1. The van der Waals surface area contributed by atoms with E-state index in [1.807, 2.05) is 32.0 Å². The third-order valence-electron chi connectivity index (χ3n) is 4.35. The van der Waals surface area contributed by atoms with Crippen molar-refractivity contribution < 1.29 is 13.9 Å². The van der Waals surface area contributed by atoms with Gasteiger partial charge in [-0.15, -0.1) is 0 Å². The van der Waals surface area contributed by atoms with Crippen LogP contribution in [0.1, 0.15) is 11.1 Å². The Morgan fingerprint density at radius 3 is 2.62 bits per heavy atom. The van der Waals surface area contributed by atoms with E-state index >= 15 is 0 Å². The Labute approximate surface area is 168 Å². The van der Waals surface area contributed by atoms with Gasteiger partial charge in [0.2, 0.25) is 0 Å². The zero-order valence-corrected chi connectivity index (χ0v) is 16.3. The molecule has 7 heteroatoms. The molecule has 1 amide bonds. The number of hydrogen-bond donors (Lipinski definition) is 1. The topological polar surface area (TPSA) is 73.2 Å². The molecule has 3 rings (SSSR count). The molecule has 0 aliphatic heterocycles. The number of carbonyl (C=O) groups is 1. The van der Waals surface area contributed by atoms with Gasteiger partial charge in [0, 0.05) is 18.2 Å². The van der Waals surface area contributed by atoms with Crippen molar-refractivity contribution in [3.8, 4) is 17.0 Å². The van der Waals surface area contributed by atoms with Crippen LogP contribution in [-0.4, -0.2) is 28.8 Å². The number of aryl methyl sites for hydroxylation is 2. The highest BCUT2D eigenvalue weighted by molar-refractivity contribution is 5.77. The van der Waals surface area contributed by atoms with Crippen LogP contribution in [0.15, 0.2) is 59.4 Å². The maximum atomic E-state index is 13.1. The van der Waals surface area contributed by atoms with Gasteiger partial charge in [-0.2, -0.15) is 5.10 Å². The van der Waals surface area contributed by atoms with Crippen LogP contribution in [0.25, 0.3) is 11.3 Å². The SMILES string of the molecule is Cc1ccc(C)c(OCC(=O)NCCn2nc(-c3ccc(F)cc3)ccc2=O)c1. The molecule has 0 atom stereocenters. The zero-order valence-electron chi connectivity index (χ0n) is 16.3.